The van der Waals surface area contributed by atoms with Crippen LogP contribution >= 0.6 is 0 Å². The molecule has 0 spiro atoms. The molecule has 1 heterocycles. The smallest absolute Gasteiger partial charge is 0.272 e. The normalized spacial score (nSPS) is 22.4. The van der Waals surface area contributed by atoms with Gasteiger partial charge in [0.1, 0.15) is 5.69 Å². The highest BCUT2D eigenvalue weighted by Gasteiger charge is 2.28. The summed E-state index contributed by atoms with van der Waals surface area (Å²) in [6.07, 6.45) is 7.33. The molecule has 1 aliphatic carbocycles. The molecule has 2 unspecified atom stereocenters. The van der Waals surface area contributed by atoms with E-state index in [1.807, 2.05) is 6.07 Å². The second-order valence-corrected chi connectivity index (χ2v) is 6.28. The van der Waals surface area contributed by atoms with Crippen molar-refractivity contribution in [1.29, 1.82) is 0 Å². The summed E-state index contributed by atoms with van der Waals surface area (Å²) in [6.45, 7) is 6.40. The van der Waals surface area contributed by atoms with Gasteiger partial charge in [-0.1, -0.05) is 40.0 Å². The minimum atomic E-state index is -0.0263. The third-order valence-corrected chi connectivity index (χ3v) is 4.36. The molecule has 1 amide bonds. The van der Waals surface area contributed by atoms with Gasteiger partial charge in [-0.3, -0.25) is 9.89 Å². The van der Waals surface area contributed by atoms with Crippen LogP contribution in [-0.2, 0) is 0 Å². The van der Waals surface area contributed by atoms with Crippen molar-refractivity contribution in [2.75, 3.05) is 0 Å². The zero-order chi connectivity index (χ0) is 14.5. The van der Waals surface area contributed by atoms with Gasteiger partial charge in [-0.25, -0.2) is 0 Å². The van der Waals surface area contributed by atoms with E-state index in [-0.39, 0.29) is 5.91 Å². The summed E-state index contributed by atoms with van der Waals surface area (Å²) in [4.78, 5) is 12.3. The number of H-pyrrole nitrogens is 1. The Bertz CT molecular complexity index is 439. The van der Waals surface area contributed by atoms with Crippen LogP contribution in [0.25, 0.3) is 0 Å². The van der Waals surface area contributed by atoms with Crippen LogP contribution in [0.15, 0.2) is 6.07 Å². The number of aromatic amines is 1. The standard InChI is InChI=1S/C16H27N3O/c1-4-5-7-12-8-6-9-13(12)17-16(20)15-10-14(11(2)3)18-19-15/h10-13H,4-9H2,1-3H3,(H,17,20)(H,18,19). The van der Waals surface area contributed by atoms with Crippen LogP contribution < -0.4 is 5.32 Å². The summed E-state index contributed by atoms with van der Waals surface area (Å²) >= 11 is 0. The Morgan fingerprint density at radius 3 is 2.95 bits per heavy atom. The van der Waals surface area contributed by atoms with Gasteiger partial charge in [-0.2, -0.15) is 5.10 Å². The fourth-order valence-corrected chi connectivity index (χ4v) is 3.03. The lowest BCUT2D eigenvalue weighted by Crippen LogP contribution is -2.37. The van der Waals surface area contributed by atoms with Crippen molar-refractivity contribution in [2.24, 2.45) is 5.92 Å². The largest absolute Gasteiger partial charge is 0.348 e. The Balaban J connectivity index is 1.92. The van der Waals surface area contributed by atoms with Crippen molar-refractivity contribution in [1.82, 2.24) is 15.5 Å². The quantitative estimate of drug-likeness (QED) is 0.834. The number of carbonyl (C=O) groups is 1. The van der Waals surface area contributed by atoms with Crippen LogP contribution in [0.1, 0.15) is 81.4 Å². The summed E-state index contributed by atoms with van der Waals surface area (Å²) in [5.41, 5.74) is 1.54. The highest BCUT2D eigenvalue weighted by Crippen LogP contribution is 2.30. The van der Waals surface area contributed by atoms with Gasteiger partial charge >= 0.3 is 0 Å². The van der Waals surface area contributed by atoms with E-state index in [0.717, 1.165) is 12.1 Å². The second-order valence-electron chi connectivity index (χ2n) is 6.28. The van der Waals surface area contributed by atoms with Crippen LogP contribution in [-0.4, -0.2) is 22.1 Å². The monoisotopic (exact) mass is 277 g/mol. The molecule has 0 aliphatic heterocycles. The molecule has 112 valence electrons. The number of rotatable bonds is 6. The van der Waals surface area contributed by atoms with Crippen molar-refractivity contribution >= 4 is 5.91 Å². The van der Waals surface area contributed by atoms with E-state index in [1.165, 1.54) is 32.1 Å². The maximum atomic E-state index is 12.3. The molecule has 2 N–H and O–H groups in total. The first-order valence-corrected chi connectivity index (χ1v) is 7.98. The molecule has 1 saturated carbocycles. The van der Waals surface area contributed by atoms with Gasteiger partial charge in [-0.15, -0.1) is 0 Å². The topological polar surface area (TPSA) is 57.8 Å². The predicted octanol–water partition coefficient (Wildman–Crippen LogP) is 3.62. The summed E-state index contributed by atoms with van der Waals surface area (Å²) in [5.74, 6) is 0.997. The molecule has 1 aliphatic rings. The number of nitrogens with one attached hydrogen (secondary N) is 2. The maximum absolute atomic E-state index is 12.3. The molecule has 0 saturated heterocycles. The summed E-state index contributed by atoms with van der Waals surface area (Å²) < 4.78 is 0. The van der Waals surface area contributed by atoms with Crippen molar-refractivity contribution in [3.63, 3.8) is 0 Å². The van der Waals surface area contributed by atoms with Gasteiger partial charge < -0.3 is 5.32 Å². The van der Waals surface area contributed by atoms with Crippen molar-refractivity contribution in [3.8, 4) is 0 Å². The Morgan fingerprint density at radius 2 is 2.30 bits per heavy atom. The lowest BCUT2D eigenvalue weighted by molar-refractivity contribution is 0.0921. The Labute approximate surface area is 121 Å². The molecule has 1 aromatic rings. The highest BCUT2D eigenvalue weighted by molar-refractivity contribution is 5.92. The molecule has 2 atom stereocenters. The minimum Gasteiger partial charge on any atom is -0.348 e. The Kier molecular flexibility index (Phi) is 5.21. The molecular formula is C16H27N3O. The molecule has 0 aromatic carbocycles. The van der Waals surface area contributed by atoms with E-state index in [2.05, 4.69) is 36.3 Å². The lowest BCUT2D eigenvalue weighted by atomic mass is 9.96. The van der Waals surface area contributed by atoms with Gasteiger partial charge in [0.2, 0.25) is 0 Å². The van der Waals surface area contributed by atoms with E-state index in [9.17, 15) is 4.79 Å². The Hall–Kier alpha value is -1.32. The zero-order valence-corrected chi connectivity index (χ0v) is 12.9. The third kappa shape index (κ3) is 3.62. The van der Waals surface area contributed by atoms with Gasteiger partial charge in [0.05, 0.1) is 0 Å². The average Bonchev–Trinajstić information content (AvgIpc) is 3.05. The van der Waals surface area contributed by atoms with Crippen molar-refractivity contribution in [3.05, 3.63) is 17.5 Å². The number of unbranched alkanes of at least 4 members (excludes halogenated alkanes) is 1. The van der Waals surface area contributed by atoms with Gasteiger partial charge in [0.15, 0.2) is 0 Å². The van der Waals surface area contributed by atoms with Gasteiger partial charge in [-0.05, 0) is 37.2 Å². The van der Waals surface area contributed by atoms with Gasteiger partial charge in [0.25, 0.3) is 5.91 Å². The van der Waals surface area contributed by atoms with E-state index >= 15 is 0 Å². The average molecular weight is 277 g/mol. The van der Waals surface area contributed by atoms with E-state index in [0.29, 0.717) is 23.6 Å². The summed E-state index contributed by atoms with van der Waals surface area (Å²) in [5, 5.41) is 10.3. The SMILES string of the molecule is CCCCC1CCCC1NC(=O)c1cc(C(C)C)[nH]n1. The molecule has 1 fully saturated rings. The molecule has 0 bridgehead atoms. The van der Waals surface area contributed by atoms with Crippen LogP contribution in [0.5, 0.6) is 0 Å². The summed E-state index contributed by atoms with van der Waals surface area (Å²) in [7, 11) is 0. The van der Waals surface area contributed by atoms with Gasteiger partial charge in [0, 0.05) is 11.7 Å². The fourth-order valence-electron chi connectivity index (χ4n) is 3.03. The molecule has 4 heteroatoms. The first-order valence-electron chi connectivity index (χ1n) is 7.98. The van der Waals surface area contributed by atoms with E-state index in [4.69, 9.17) is 0 Å². The molecule has 0 radical (unpaired) electrons. The number of nitrogens with zero attached hydrogens (tertiary/aromatic N) is 1. The number of hydrogen-bond donors (Lipinski definition) is 2. The molecule has 20 heavy (non-hydrogen) atoms. The van der Waals surface area contributed by atoms with Crippen LogP contribution in [0, 0.1) is 5.92 Å². The number of amides is 1. The molecule has 4 nitrogen and oxygen atoms in total. The fraction of sp³-hybridized carbons (Fsp3) is 0.750. The first-order chi connectivity index (χ1) is 9.61. The van der Waals surface area contributed by atoms with E-state index < -0.39 is 0 Å². The second kappa shape index (κ2) is 6.91. The molecule has 1 aromatic heterocycles. The maximum Gasteiger partial charge on any atom is 0.272 e. The van der Waals surface area contributed by atoms with Crippen molar-refractivity contribution < 1.29 is 4.79 Å². The van der Waals surface area contributed by atoms with Crippen LogP contribution in [0.2, 0.25) is 0 Å². The highest BCUT2D eigenvalue weighted by atomic mass is 16.2. The molecular weight excluding hydrogens is 250 g/mol. The third-order valence-electron chi connectivity index (χ3n) is 4.36. The predicted molar refractivity (Wildman–Crippen MR) is 80.8 cm³/mol. The molecule has 2 rings (SSSR count). The van der Waals surface area contributed by atoms with Crippen molar-refractivity contribution in [2.45, 2.75) is 71.3 Å². The first kappa shape index (κ1) is 15.1. The number of aromatic nitrogens is 2. The minimum absolute atomic E-state index is 0.0263. The number of hydrogen-bond acceptors (Lipinski definition) is 2. The van der Waals surface area contributed by atoms with Crippen LogP contribution in [0.4, 0.5) is 0 Å². The summed E-state index contributed by atoms with van der Waals surface area (Å²) in [6, 6.07) is 2.21. The van der Waals surface area contributed by atoms with E-state index in [1.54, 1.807) is 0 Å². The number of carbonyl (C=O) groups excluding carboxylic acids is 1. The zero-order valence-electron chi connectivity index (χ0n) is 12.9. The van der Waals surface area contributed by atoms with Crippen LogP contribution in [0.3, 0.4) is 0 Å². The Morgan fingerprint density at radius 1 is 1.50 bits per heavy atom. The lowest BCUT2D eigenvalue weighted by Gasteiger charge is -2.20.